The van der Waals surface area contributed by atoms with E-state index in [0.29, 0.717) is 0 Å². The van der Waals surface area contributed by atoms with Crippen LogP contribution >= 0.6 is 0 Å². The highest BCUT2D eigenvalue weighted by molar-refractivity contribution is 4.84. The maximum atomic E-state index is 5.70. The highest BCUT2D eigenvalue weighted by Gasteiger charge is 2.28. The van der Waals surface area contributed by atoms with Crippen molar-refractivity contribution in [1.82, 2.24) is 4.90 Å². The Hall–Kier alpha value is -0.120. The topological polar surface area (TPSA) is 38.5 Å². The molecule has 3 heteroatoms. The van der Waals surface area contributed by atoms with Gasteiger partial charge in [0.15, 0.2) is 0 Å². The van der Waals surface area contributed by atoms with Gasteiger partial charge in [0.05, 0.1) is 6.61 Å². The summed E-state index contributed by atoms with van der Waals surface area (Å²) in [5.41, 5.74) is 5.70. The zero-order valence-corrected chi connectivity index (χ0v) is 12.5. The molecule has 1 aliphatic rings. The number of hydrogen-bond acceptors (Lipinski definition) is 3. The third-order valence-corrected chi connectivity index (χ3v) is 4.15. The minimum absolute atomic E-state index is 0.766. The summed E-state index contributed by atoms with van der Waals surface area (Å²) in [4.78, 5) is 2.61. The van der Waals surface area contributed by atoms with Crippen molar-refractivity contribution in [3.05, 3.63) is 0 Å². The van der Waals surface area contributed by atoms with Gasteiger partial charge in [0, 0.05) is 19.7 Å². The van der Waals surface area contributed by atoms with Gasteiger partial charge < -0.3 is 10.5 Å². The molecule has 108 valence electrons. The molecule has 0 radical (unpaired) electrons. The van der Waals surface area contributed by atoms with Gasteiger partial charge in [0.1, 0.15) is 0 Å². The van der Waals surface area contributed by atoms with Crippen molar-refractivity contribution in [2.24, 2.45) is 17.6 Å². The molecule has 1 aliphatic carbocycles. The third-order valence-electron chi connectivity index (χ3n) is 4.15. The van der Waals surface area contributed by atoms with E-state index in [1.165, 1.54) is 38.6 Å². The lowest BCUT2D eigenvalue weighted by Gasteiger charge is -2.24. The average Bonchev–Trinajstić information content (AvgIpc) is 3.16. The Morgan fingerprint density at radius 3 is 2.44 bits per heavy atom. The van der Waals surface area contributed by atoms with Crippen LogP contribution in [-0.4, -0.2) is 44.3 Å². The largest absolute Gasteiger partial charge is 0.383 e. The van der Waals surface area contributed by atoms with Crippen molar-refractivity contribution in [3.8, 4) is 0 Å². The predicted octanol–water partition coefficient (Wildman–Crippen LogP) is 2.50. The van der Waals surface area contributed by atoms with Crippen molar-refractivity contribution in [2.45, 2.75) is 52.0 Å². The Labute approximate surface area is 113 Å². The van der Waals surface area contributed by atoms with E-state index in [0.717, 1.165) is 37.6 Å². The molecule has 0 bridgehead atoms. The van der Waals surface area contributed by atoms with Crippen LogP contribution in [0.3, 0.4) is 0 Å². The highest BCUT2D eigenvalue weighted by atomic mass is 16.5. The van der Waals surface area contributed by atoms with Crippen molar-refractivity contribution in [2.75, 3.05) is 33.4 Å². The quantitative estimate of drug-likeness (QED) is 0.617. The summed E-state index contributed by atoms with van der Waals surface area (Å²) in [5, 5.41) is 0. The number of nitrogens with two attached hydrogens (primary N) is 1. The maximum Gasteiger partial charge on any atom is 0.0589 e. The molecular weight excluding hydrogens is 224 g/mol. The first-order valence-corrected chi connectivity index (χ1v) is 7.62. The number of hydrogen-bond donors (Lipinski definition) is 1. The van der Waals surface area contributed by atoms with Crippen molar-refractivity contribution in [1.29, 1.82) is 0 Å². The maximum absolute atomic E-state index is 5.70. The molecule has 0 spiro atoms. The fourth-order valence-electron chi connectivity index (χ4n) is 2.71. The smallest absolute Gasteiger partial charge is 0.0589 e. The van der Waals surface area contributed by atoms with Crippen LogP contribution in [0.15, 0.2) is 0 Å². The van der Waals surface area contributed by atoms with E-state index in [-0.39, 0.29) is 0 Å². The molecule has 2 N–H and O–H groups in total. The Kier molecular flexibility index (Phi) is 7.87. The Morgan fingerprint density at radius 2 is 1.94 bits per heavy atom. The van der Waals surface area contributed by atoms with Gasteiger partial charge in [-0.1, -0.05) is 13.8 Å². The minimum atomic E-state index is 0.766. The highest BCUT2D eigenvalue weighted by Crippen LogP contribution is 2.27. The summed E-state index contributed by atoms with van der Waals surface area (Å²) in [6, 6.07) is 0.854. The number of nitrogens with zero attached hydrogens (tertiary/aromatic N) is 1. The second kappa shape index (κ2) is 8.89. The van der Waals surface area contributed by atoms with Crippen molar-refractivity contribution < 1.29 is 4.74 Å². The number of ether oxygens (including phenoxy) is 1. The fraction of sp³-hybridized carbons (Fsp3) is 1.00. The fourth-order valence-corrected chi connectivity index (χ4v) is 2.71. The van der Waals surface area contributed by atoms with E-state index in [1.807, 2.05) is 0 Å². The molecule has 18 heavy (non-hydrogen) atoms. The lowest BCUT2D eigenvalue weighted by atomic mass is 9.88. The molecule has 3 nitrogen and oxygen atoms in total. The van der Waals surface area contributed by atoms with Gasteiger partial charge in [0.25, 0.3) is 0 Å². The van der Waals surface area contributed by atoms with Crippen LogP contribution in [0.2, 0.25) is 0 Å². The monoisotopic (exact) mass is 256 g/mol. The Balaban J connectivity index is 2.19. The molecule has 0 aromatic heterocycles. The molecule has 1 atom stereocenters. The molecule has 0 heterocycles. The summed E-state index contributed by atoms with van der Waals surface area (Å²) in [5.74, 6) is 1.57. The van der Waals surface area contributed by atoms with Gasteiger partial charge in [-0.25, -0.2) is 0 Å². The number of rotatable bonds is 11. The van der Waals surface area contributed by atoms with E-state index in [1.54, 1.807) is 7.11 Å². The molecule has 1 saturated carbocycles. The standard InChI is InChI=1S/C15H32N2O/c1-13(2)14(8-9-16)5-4-10-17(11-12-18-3)15-6-7-15/h13-15H,4-12,16H2,1-3H3. The van der Waals surface area contributed by atoms with Crippen LogP contribution in [-0.2, 0) is 4.74 Å². The third kappa shape index (κ3) is 6.17. The van der Waals surface area contributed by atoms with Gasteiger partial charge in [-0.3, -0.25) is 4.90 Å². The molecular formula is C15H32N2O. The van der Waals surface area contributed by atoms with E-state index >= 15 is 0 Å². The van der Waals surface area contributed by atoms with Crippen molar-refractivity contribution in [3.63, 3.8) is 0 Å². The predicted molar refractivity (Wildman–Crippen MR) is 77.7 cm³/mol. The Bertz CT molecular complexity index is 205. The Morgan fingerprint density at radius 1 is 1.22 bits per heavy atom. The van der Waals surface area contributed by atoms with E-state index in [2.05, 4.69) is 18.7 Å². The van der Waals surface area contributed by atoms with Crippen molar-refractivity contribution >= 4 is 0 Å². The average molecular weight is 256 g/mol. The van der Waals surface area contributed by atoms with Gasteiger partial charge in [-0.05, 0) is 57.0 Å². The van der Waals surface area contributed by atoms with Crippen LogP contribution in [0, 0.1) is 11.8 Å². The summed E-state index contributed by atoms with van der Waals surface area (Å²) < 4.78 is 5.20. The molecule has 0 saturated heterocycles. The first-order chi connectivity index (χ1) is 8.69. The zero-order chi connectivity index (χ0) is 13.4. The van der Waals surface area contributed by atoms with Crippen LogP contribution in [0.5, 0.6) is 0 Å². The SMILES string of the molecule is COCCN(CCCC(CCN)C(C)C)C1CC1. The summed E-state index contributed by atoms with van der Waals surface area (Å²) in [6.45, 7) is 8.69. The molecule has 0 aromatic carbocycles. The van der Waals surface area contributed by atoms with E-state index < -0.39 is 0 Å². The molecule has 0 aliphatic heterocycles. The normalized spacial score (nSPS) is 17.7. The van der Waals surface area contributed by atoms with Crippen LogP contribution in [0.1, 0.15) is 46.0 Å². The molecule has 1 fully saturated rings. The molecule has 1 rings (SSSR count). The van der Waals surface area contributed by atoms with Gasteiger partial charge in [-0.15, -0.1) is 0 Å². The van der Waals surface area contributed by atoms with Crippen LogP contribution in [0.25, 0.3) is 0 Å². The van der Waals surface area contributed by atoms with Gasteiger partial charge >= 0.3 is 0 Å². The first kappa shape index (κ1) is 15.9. The molecule has 0 amide bonds. The van der Waals surface area contributed by atoms with Gasteiger partial charge in [-0.2, -0.15) is 0 Å². The zero-order valence-electron chi connectivity index (χ0n) is 12.5. The first-order valence-electron chi connectivity index (χ1n) is 7.62. The lowest BCUT2D eigenvalue weighted by molar-refractivity contribution is 0.140. The molecule has 0 aromatic rings. The van der Waals surface area contributed by atoms with Crippen LogP contribution < -0.4 is 5.73 Å². The number of methoxy groups -OCH3 is 1. The minimum Gasteiger partial charge on any atom is -0.383 e. The molecule has 1 unspecified atom stereocenters. The lowest BCUT2D eigenvalue weighted by Crippen LogP contribution is -2.31. The van der Waals surface area contributed by atoms with E-state index in [4.69, 9.17) is 10.5 Å². The second-order valence-corrected chi connectivity index (χ2v) is 5.98. The second-order valence-electron chi connectivity index (χ2n) is 5.98. The van der Waals surface area contributed by atoms with Gasteiger partial charge in [0.2, 0.25) is 0 Å². The van der Waals surface area contributed by atoms with E-state index in [9.17, 15) is 0 Å². The van der Waals surface area contributed by atoms with Crippen LogP contribution in [0.4, 0.5) is 0 Å². The summed E-state index contributed by atoms with van der Waals surface area (Å²) in [6.07, 6.45) is 6.59. The summed E-state index contributed by atoms with van der Waals surface area (Å²) in [7, 11) is 1.79. The summed E-state index contributed by atoms with van der Waals surface area (Å²) >= 11 is 0.